The zero-order valence-electron chi connectivity index (χ0n) is 15.9. The molecule has 30 heavy (non-hydrogen) atoms. The van der Waals surface area contributed by atoms with E-state index in [0.29, 0.717) is 11.4 Å². The number of carbonyl (C=O) groups excluding carboxylic acids is 1. The van der Waals surface area contributed by atoms with Crippen molar-refractivity contribution in [2.75, 3.05) is 12.4 Å². The van der Waals surface area contributed by atoms with E-state index < -0.39 is 41.6 Å². The van der Waals surface area contributed by atoms with E-state index in [9.17, 15) is 26.7 Å². The van der Waals surface area contributed by atoms with Crippen molar-refractivity contribution < 1.29 is 31.5 Å². The van der Waals surface area contributed by atoms with E-state index in [1.807, 2.05) is 0 Å². The Morgan fingerprint density at radius 3 is 2.63 bits per heavy atom. The molecule has 1 heterocycles. The van der Waals surface area contributed by atoms with Gasteiger partial charge in [-0.1, -0.05) is 6.07 Å². The molecule has 5 nitrogen and oxygen atoms in total. The number of nitrogens with zero attached hydrogens (tertiary/aromatic N) is 1. The van der Waals surface area contributed by atoms with Crippen LogP contribution in [-0.2, 0) is 4.79 Å². The summed E-state index contributed by atoms with van der Waals surface area (Å²) in [5.74, 6) is -6.85. The van der Waals surface area contributed by atoms with Crippen LogP contribution in [0, 0.1) is 23.4 Å². The highest BCUT2D eigenvalue weighted by atomic mass is 32.2. The van der Waals surface area contributed by atoms with Gasteiger partial charge in [0.15, 0.2) is 17.4 Å². The molecule has 2 aromatic rings. The van der Waals surface area contributed by atoms with Gasteiger partial charge in [-0.2, -0.15) is 4.39 Å². The number of aromatic nitrogens is 1. The summed E-state index contributed by atoms with van der Waals surface area (Å²) in [6.07, 6.45) is 0.902. The predicted molar refractivity (Wildman–Crippen MR) is 103 cm³/mol. The lowest BCUT2D eigenvalue weighted by Gasteiger charge is -2.28. The van der Waals surface area contributed by atoms with E-state index in [1.54, 1.807) is 0 Å². The average molecular weight is 449 g/mol. The fourth-order valence-electron chi connectivity index (χ4n) is 2.85. The van der Waals surface area contributed by atoms with Crippen LogP contribution < -0.4 is 15.2 Å². The van der Waals surface area contributed by atoms with Crippen LogP contribution in [0.15, 0.2) is 35.5 Å². The summed E-state index contributed by atoms with van der Waals surface area (Å²) in [6, 6.07) is 5.06. The predicted octanol–water partition coefficient (Wildman–Crippen LogP) is 4.92. The van der Waals surface area contributed by atoms with E-state index in [-0.39, 0.29) is 24.3 Å². The average Bonchev–Trinajstić information content (AvgIpc) is 2.71. The van der Waals surface area contributed by atoms with Gasteiger partial charge in [-0.15, -0.1) is 0 Å². The fourth-order valence-corrected chi connectivity index (χ4v) is 3.15. The molecule has 3 N–H and O–H groups in total. The summed E-state index contributed by atoms with van der Waals surface area (Å²) in [5, 5.41) is 7.96. The maximum absolute atomic E-state index is 13.5. The Bertz CT molecular complexity index is 885. The Labute approximate surface area is 174 Å². The summed E-state index contributed by atoms with van der Waals surface area (Å²) in [5.41, 5.74) is -0.0909. The van der Waals surface area contributed by atoms with Gasteiger partial charge in [-0.3, -0.25) is 9.93 Å². The highest BCUT2D eigenvalue weighted by molar-refractivity contribution is 7.97. The van der Waals surface area contributed by atoms with Crippen LogP contribution in [0.25, 0.3) is 0 Å². The molecule has 1 atom stereocenters. The number of halogens is 5. The second-order valence-electron chi connectivity index (χ2n) is 6.51. The minimum absolute atomic E-state index is 0.0694. The largest absolute Gasteiger partial charge is 0.494 e. The zero-order valence-corrected chi connectivity index (χ0v) is 16.7. The number of anilines is 1. The van der Waals surface area contributed by atoms with Crippen molar-refractivity contribution in [1.29, 1.82) is 0 Å². The highest BCUT2D eigenvalue weighted by Gasteiger charge is 2.39. The zero-order chi connectivity index (χ0) is 22.3. The lowest BCUT2D eigenvalue weighted by Crippen LogP contribution is -2.33. The Balaban J connectivity index is 0.000000269. The van der Waals surface area contributed by atoms with Crippen molar-refractivity contribution >= 4 is 23.5 Å². The molecular formula is C19H20F5N3O2S. The number of ether oxygens (including phenoxy) is 1. The van der Waals surface area contributed by atoms with Crippen LogP contribution in [0.3, 0.4) is 0 Å². The van der Waals surface area contributed by atoms with Gasteiger partial charge in [-0.05, 0) is 43.0 Å². The molecule has 1 aliphatic carbocycles. The quantitative estimate of drug-likeness (QED) is 0.512. The first kappa shape index (κ1) is 23.9. The van der Waals surface area contributed by atoms with Gasteiger partial charge in [0.05, 0.1) is 19.0 Å². The molecule has 0 aliphatic heterocycles. The number of pyridine rings is 1. The van der Waals surface area contributed by atoms with E-state index in [4.69, 9.17) is 5.14 Å². The Morgan fingerprint density at radius 2 is 2.03 bits per heavy atom. The number of amides is 1. The molecule has 1 aromatic carbocycles. The van der Waals surface area contributed by atoms with E-state index in [2.05, 4.69) is 15.0 Å². The number of nitrogens with one attached hydrogen (secondary N) is 1. The van der Waals surface area contributed by atoms with Crippen LogP contribution in [0.5, 0.6) is 5.75 Å². The van der Waals surface area contributed by atoms with Crippen molar-refractivity contribution in [2.24, 2.45) is 11.1 Å². The molecule has 0 saturated heterocycles. The molecule has 1 unspecified atom stereocenters. The minimum atomic E-state index is -2.82. The third-order valence-electron chi connectivity index (χ3n) is 4.36. The van der Waals surface area contributed by atoms with Crippen molar-refractivity contribution in [3.05, 3.63) is 47.9 Å². The number of benzene rings is 1. The number of alkyl halides is 2. The molecule has 1 fully saturated rings. The number of carbonyl (C=O) groups is 1. The van der Waals surface area contributed by atoms with Crippen molar-refractivity contribution in [2.45, 2.75) is 36.6 Å². The normalized spacial score (nSPS) is 17.5. The summed E-state index contributed by atoms with van der Waals surface area (Å²) >= 11 is 0.805. The van der Waals surface area contributed by atoms with Gasteiger partial charge in [0.2, 0.25) is 17.6 Å². The van der Waals surface area contributed by atoms with E-state index >= 15 is 0 Å². The van der Waals surface area contributed by atoms with Gasteiger partial charge in [0.25, 0.3) is 0 Å². The summed E-state index contributed by atoms with van der Waals surface area (Å²) in [7, 11) is 1.29. The summed E-state index contributed by atoms with van der Waals surface area (Å²) < 4.78 is 69.4. The second kappa shape index (κ2) is 10.6. The molecule has 3 rings (SSSR count). The van der Waals surface area contributed by atoms with Gasteiger partial charge in [-0.25, -0.2) is 22.5 Å². The molecule has 1 aromatic heterocycles. The first-order valence-corrected chi connectivity index (χ1v) is 9.74. The molecule has 11 heteroatoms. The summed E-state index contributed by atoms with van der Waals surface area (Å²) in [6.45, 7) is 0. The molecule has 0 bridgehead atoms. The van der Waals surface area contributed by atoms with E-state index in [0.717, 1.165) is 24.2 Å². The third-order valence-corrected chi connectivity index (χ3v) is 4.82. The van der Waals surface area contributed by atoms with Gasteiger partial charge >= 0.3 is 0 Å². The molecule has 0 spiro atoms. The van der Waals surface area contributed by atoms with Crippen LogP contribution >= 0.6 is 11.9 Å². The lowest BCUT2D eigenvalue weighted by molar-refractivity contribution is -0.127. The number of hydrogen-bond acceptors (Lipinski definition) is 5. The smallest absolute Gasteiger partial charge is 0.248 e. The van der Waals surface area contributed by atoms with Gasteiger partial charge in [0.1, 0.15) is 5.03 Å². The SMILES string of the molecule is COc1cccc(F)c1F.NSc1cc(NC(=O)C2CCCC(F)(F)C2)c(F)cn1. The molecular weight excluding hydrogens is 429 g/mol. The third kappa shape index (κ3) is 6.56. The minimum Gasteiger partial charge on any atom is -0.494 e. The number of hydrogen-bond donors (Lipinski definition) is 2. The molecule has 164 valence electrons. The first-order chi connectivity index (χ1) is 14.2. The van der Waals surface area contributed by atoms with Crippen molar-refractivity contribution in [3.8, 4) is 5.75 Å². The standard InChI is InChI=1S/C12H14F3N3OS.C7H6F2O/c13-8-6-17-10(20-16)4-9(8)18-11(19)7-2-1-3-12(14,15)5-7;1-10-6-4-2-3-5(8)7(6)9/h4,6-7H,1-3,5,16H2,(H,17,18,19);2-4H,1H3. The van der Waals surface area contributed by atoms with Crippen LogP contribution in [0.1, 0.15) is 25.7 Å². The van der Waals surface area contributed by atoms with Crippen molar-refractivity contribution in [1.82, 2.24) is 4.98 Å². The highest BCUT2D eigenvalue weighted by Crippen LogP contribution is 2.37. The molecule has 0 radical (unpaired) electrons. The molecule has 1 aliphatic rings. The van der Waals surface area contributed by atoms with Gasteiger partial charge in [0, 0.05) is 18.8 Å². The topological polar surface area (TPSA) is 77.2 Å². The monoisotopic (exact) mass is 449 g/mol. The fraction of sp³-hybridized carbons (Fsp3) is 0.368. The Morgan fingerprint density at radius 1 is 1.30 bits per heavy atom. The van der Waals surface area contributed by atoms with E-state index in [1.165, 1.54) is 25.3 Å². The molecule has 1 amide bonds. The number of rotatable bonds is 4. The number of methoxy groups -OCH3 is 1. The van der Waals surface area contributed by atoms with Crippen LogP contribution in [0.4, 0.5) is 27.6 Å². The lowest BCUT2D eigenvalue weighted by atomic mass is 9.86. The van der Waals surface area contributed by atoms with Crippen LogP contribution in [0.2, 0.25) is 0 Å². The van der Waals surface area contributed by atoms with Crippen LogP contribution in [-0.4, -0.2) is 23.9 Å². The Kier molecular flexibility index (Phi) is 8.42. The van der Waals surface area contributed by atoms with Gasteiger partial charge < -0.3 is 10.1 Å². The Hall–Kier alpha value is -2.40. The summed E-state index contributed by atoms with van der Waals surface area (Å²) in [4.78, 5) is 15.6. The first-order valence-electron chi connectivity index (χ1n) is 8.86. The van der Waals surface area contributed by atoms with Crippen molar-refractivity contribution in [3.63, 3.8) is 0 Å². The maximum Gasteiger partial charge on any atom is 0.248 e. The molecule has 1 saturated carbocycles. The second-order valence-corrected chi connectivity index (χ2v) is 7.17. The maximum atomic E-state index is 13.5. The number of nitrogens with two attached hydrogens (primary N) is 1.